The first-order valence-corrected chi connectivity index (χ1v) is 30.5. The van der Waals surface area contributed by atoms with Crippen molar-refractivity contribution in [1.29, 1.82) is 0 Å². The number of hydrogen-bond donors (Lipinski definition) is 0. The van der Waals surface area contributed by atoms with Gasteiger partial charge in [-0.1, -0.05) is 269 Å². The van der Waals surface area contributed by atoms with Crippen molar-refractivity contribution in [2.24, 2.45) is 0 Å². The van der Waals surface area contributed by atoms with Gasteiger partial charge in [0.1, 0.15) is 13.2 Å². The Bertz CT molecular complexity index is 1160. The second-order valence-corrected chi connectivity index (χ2v) is 20.6. The van der Waals surface area contributed by atoms with Crippen molar-refractivity contribution in [2.45, 2.75) is 335 Å². The highest BCUT2D eigenvalue weighted by Crippen LogP contribution is 2.17. The van der Waals surface area contributed by atoms with Gasteiger partial charge in [-0.25, -0.2) is 0 Å². The molecule has 0 aromatic carbocycles. The monoisotopic (exact) mass is 969 g/mol. The summed E-state index contributed by atoms with van der Waals surface area (Å²) >= 11 is 0. The zero-order chi connectivity index (χ0) is 50.0. The minimum atomic E-state index is -0.773. The lowest BCUT2D eigenvalue weighted by molar-refractivity contribution is -0.167. The normalized spacial score (nSPS) is 12.2. The highest BCUT2D eigenvalue weighted by atomic mass is 16.6. The van der Waals surface area contributed by atoms with E-state index in [-0.39, 0.29) is 31.1 Å². The van der Waals surface area contributed by atoms with E-state index in [1.54, 1.807) is 0 Å². The lowest BCUT2D eigenvalue weighted by Crippen LogP contribution is -2.30. The van der Waals surface area contributed by atoms with E-state index in [0.717, 1.165) is 64.2 Å². The van der Waals surface area contributed by atoms with Crippen LogP contribution in [0.25, 0.3) is 0 Å². The first kappa shape index (κ1) is 66.6. The summed E-state index contributed by atoms with van der Waals surface area (Å²) in [5, 5.41) is 0. The van der Waals surface area contributed by atoms with E-state index in [1.807, 2.05) is 0 Å². The Kier molecular flexibility index (Phi) is 56.2. The molecule has 6 heteroatoms. The molecule has 0 bridgehead atoms. The minimum absolute atomic E-state index is 0.0711. The fourth-order valence-corrected chi connectivity index (χ4v) is 9.00. The molecule has 69 heavy (non-hydrogen) atoms. The van der Waals surface area contributed by atoms with Crippen LogP contribution in [0.1, 0.15) is 329 Å². The van der Waals surface area contributed by atoms with Crippen molar-refractivity contribution < 1.29 is 28.6 Å². The van der Waals surface area contributed by atoms with Crippen LogP contribution in [0.2, 0.25) is 0 Å². The van der Waals surface area contributed by atoms with Gasteiger partial charge >= 0.3 is 17.9 Å². The molecule has 0 fully saturated rings. The molecule has 0 spiro atoms. The molecule has 0 saturated heterocycles. The highest BCUT2D eigenvalue weighted by Gasteiger charge is 2.19. The van der Waals surface area contributed by atoms with Gasteiger partial charge in [-0.15, -0.1) is 0 Å². The molecule has 6 nitrogen and oxygen atoms in total. The van der Waals surface area contributed by atoms with Gasteiger partial charge < -0.3 is 14.2 Å². The second-order valence-electron chi connectivity index (χ2n) is 20.6. The number of esters is 3. The third kappa shape index (κ3) is 56.4. The summed E-state index contributed by atoms with van der Waals surface area (Å²) in [5.41, 5.74) is 0. The number of allylic oxidation sites excluding steroid dienone is 6. The Morgan fingerprint density at radius 2 is 0.522 bits per heavy atom. The van der Waals surface area contributed by atoms with Crippen LogP contribution in [0.15, 0.2) is 36.5 Å². The average molecular weight is 970 g/mol. The highest BCUT2D eigenvalue weighted by molar-refractivity contribution is 5.71. The van der Waals surface area contributed by atoms with Gasteiger partial charge in [-0.05, 0) is 77.0 Å². The lowest BCUT2D eigenvalue weighted by atomic mass is 10.0. The molecule has 0 saturated carbocycles. The quantitative estimate of drug-likeness (QED) is 0.0261. The van der Waals surface area contributed by atoms with Crippen LogP contribution in [0.4, 0.5) is 0 Å². The molecule has 1 unspecified atom stereocenters. The van der Waals surface area contributed by atoms with E-state index in [9.17, 15) is 14.4 Å². The van der Waals surface area contributed by atoms with Crippen LogP contribution in [0, 0.1) is 0 Å². The third-order valence-corrected chi connectivity index (χ3v) is 13.6. The van der Waals surface area contributed by atoms with Crippen LogP contribution in [0.3, 0.4) is 0 Å². The smallest absolute Gasteiger partial charge is 0.306 e. The Morgan fingerprint density at radius 3 is 0.841 bits per heavy atom. The molecule has 0 heterocycles. The van der Waals surface area contributed by atoms with E-state index in [0.29, 0.717) is 19.3 Å². The molecule has 0 radical (unpaired) electrons. The van der Waals surface area contributed by atoms with Gasteiger partial charge in [0.2, 0.25) is 0 Å². The van der Waals surface area contributed by atoms with Crippen molar-refractivity contribution in [3.05, 3.63) is 36.5 Å². The van der Waals surface area contributed by atoms with Gasteiger partial charge in [0, 0.05) is 19.3 Å². The van der Waals surface area contributed by atoms with Crippen LogP contribution in [0.5, 0.6) is 0 Å². The molecule has 0 aliphatic rings. The zero-order valence-corrected chi connectivity index (χ0v) is 46.3. The molecule has 0 N–H and O–H groups in total. The number of unbranched alkanes of at least 4 members (excludes halogenated alkanes) is 39. The van der Waals surface area contributed by atoms with E-state index in [2.05, 4.69) is 57.2 Å². The molecule has 0 aromatic heterocycles. The zero-order valence-electron chi connectivity index (χ0n) is 46.3. The van der Waals surface area contributed by atoms with E-state index in [1.165, 1.54) is 225 Å². The maximum atomic E-state index is 12.9. The van der Waals surface area contributed by atoms with Crippen LogP contribution >= 0.6 is 0 Å². The van der Waals surface area contributed by atoms with E-state index in [4.69, 9.17) is 14.2 Å². The van der Waals surface area contributed by atoms with Crippen LogP contribution in [-0.2, 0) is 28.6 Å². The molecule has 1 atom stereocenters. The number of carbonyl (C=O) groups is 3. The Balaban J connectivity index is 4.34. The summed E-state index contributed by atoms with van der Waals surface area (Å²) < 4.78 is 16.9. The van der Waals surface area contributed by atoms with Crippen LogP contribution < -0.4 is 0 Å². The van der Waals surface area contributed by atoms with Crippen molar-refractivity contribution in [3.63, 3.8) is 0 Å². The third-order valence-electron chi connectivity index (χ3n) is 13.6. The maximum Gasteiger partial charge on any atom is 0.306 e. The summed E-state index contributed by atoms with van der Waals surface area (Å²) in [6.07, 6.45) is 69.9. The molecule has 0 aliphatic carbocycles. The van der Waals surface area contributed by atoms with E-state index >= 15 is 0 Å². The summed E-state index contributed by atoms with van der Waals surface area (Å²) in [4.78, 5) is 38.2. The first-order chi connectivity index (χ1) is 34.0. The summed E-state index contributed by atoms with van der Waals surface area (Å²) in [7, 11) is 0. The standard InChI is InChI=1S/C63H116O6/c1-4-7-10-13-16-19-22-25-28-30-32-34-35-38-41-44-47-50-53-56-62(65)68-59-60(58-67-61(64)55-52-49-46-43-40-37-27-24-21-18-15-12-9-6-3)69-63(66)57-54-51-48-45-42-39-36-33-31-29-26-23-20-17-14-11-8-5-2/h16,19,25,28-29,31,60H,4-15,17-18,20-24,26-27,30,32-59H2,1-3H3/b19-16-,28-25-,31-29-. The fourth-order valence-electron chi connectivity index (χ4n) is 9.00. The summed E-state index contributed by atoms with van der Waals surface area (Å²) in [6, 6.07) is 0. The average Bonchev–Trinajstić information content (AvgIpc) is 3.35. The Labute approximate surface area is 429 Å². The summed E-state index contributed by atoms with van der Waals surface area (Å²) in [6.45, 7) is 6.66. The largest absolute Gasteiger partial charge is 0.462 e. The van der Waals surface area contributed by atoms with Gasteiger partial charge in [-0.3, -0.25) is 14.4 Å². The van der Waals surface area contributed by atoms with Crippen molar-refractivity contribution >= 4 is 17.9 Å². The van der Waals surface area contributed by atoms with Crippen molar-refractivity contribution in [3.8, 4) is 0 Å². The van der Waals surface area contributed by atoms with Gasteiger partial charge in [0.05, 0.1) is 0 Å². The second kappa shape index (κ2) is 58.2. The molecule has 404 valence electrons. The van der Waals surface area contributed by atoms with Gasteiger partial charge in [0.25, 0.3) is 0 Å². The molecular formula is C63H116O6. The van der Waals surface area contributed by atoms with Crippen molar-refractivity contribution in [1.82, 2.24) is 0 Å². The topological polar surface area (TPSA) is 78.9 Å². The first-order valence-electron chi connectivity index (χ1n) is 30.5. The molecule has 0 aromatic rings. The number of ether oxygens (including phenoxy) is 3. The SMILES string of the molecule is CCCCC/C=C\C/C=C\CCCCCCCCCCCC(=O)OCC(COC(=O)CCCCCCCCCCCCCCCC)OC(=O)CCCCCCCCC/C=C\CCCCCCCCC. The van der Waals surface area contributed by atoms with Crippen molar-refractivity contribution in [2.75, 3.05) is 13.2 Å². The fraction of sp³-hybridized carbons (Fsp3) is 0.857. The predicted molar refractivity (Wildman–Crippen MR) is 298 cm³/mol. The molecular weight excluding hydrogens is 853 g/mol. The van der Waals surface area contributed by atoms with Gasteiger partial charge in [-0.2, -0.15) is 0 Å². The maximum absolute atomic E-state index is 12.9. The number of hydrogen-bond acceptors (Lipinski definition) is 6. The van der Waals surface area contributed by atoms with Crippen LogP contribution in [-0.4, -0.2) is 37.2 Å². The number of rotatable bonds is 56. The Hall–Kier alpha value is -2.37. The minimum Gasteiger partial charge on any atom is -0.462 e. The molecule has 0 rings (SSSR count). The van der Waals surface area contributed by atoms with Gasteiger partial charge in [0.15, 0.2) is 6.10 Å². The lowest BCUT2D eigenvalue weighted by Gasteiger charge is -2.18. The number of carbonyl (C=O) groups excluding carboxylic acids is 3. The molecule has 0 amide bonds. The Morgan fingerprint density at radius 1 is 0.290 bits per heavy atom. The molecule has 0 aliphatic heterocycles. The summed E-state index contributed by atoms with van der Waals surface area (Å²) in [5.74, 6) is -0.859. The van der Waals surface area contributed by atoms with E-state index < -0.39 is 6.10 Å². The predicted octanol–water partition coefficient (Wildman–Crippen LogP) is 20.4.